The van der Waals surface area contributed by atoms with Gasteiger partial charge >= 0.3 is 0 Å². The minimum atomic E-state index is -0.274. The Balaban J connectivity index is 1.36. The molecule has 0 saturated carbocycles. The maximum atomic E-state index is 12.9. The summed E-state index contributed by atoms with van der Waals surface area (Å²) in [6.07, 6.45) is 9.28. The van der Waals surface area contributed by atoms with Crippen LogP contribution in [0.15, 0.2) is 53.4 Å². The van der Waals surface area contributed by atoms with Gasteiger partial charge in [0.05, 0.1) is 23.8 Å². The Hall–Kier alpha value is -4.01. The van der Waals surface area contributed by atoms with E-state index in [2.05, 4.69) is 36.7 Å². The highest BCUT2D eigenvalue weighted by Gasteiger charge is 2.21. The van der Waals surface area contributed by atoms with Gasteiger partial charge in [0.25, 0.3) is 5.91 Å². The molecule has 0 bridgehead atoms. The molecule has 1 aliphatic heterocycles. The maximum Gasteiger partial charge on any atom is 0.256 e. The molecule has 1 saturated heterocycles. The molecule has 4 aromatic rings. The van der Waals surface area contributed by atoms with E-state index >= 15 is 0 Å². The number of hydrogen-bond donors (Lipinski definition) is 1. The van der Waals surface area contributed by atoms with Gasteiger partial charge in [-0.1, -0.05) is 37.2 Å². The number of anilines is 2. The summed E-state index contributed by atoms with van der Waals surface area (Å²) >= 11 is 0. The molecule has 9 heteroatoms. The first-order valence-electron chi connectivity index (χ1n) is 12.3. The van der Waals surface area contributed by atoms with Crippen LogP contribution in [0.2, 0.25) is 0 Å². The average Bonchev–Trinajstić information content (AvgIpc) is 3.55. The topological polar surface area (TPSA) is 102 Å². The van der Waals surface area contributed by atoms with Gasteiger partial charge in [-0.3, -0.25) is 9.78 Å². The van der Waals surface area contributed by atoms with E-state index in [1.807, 2.05) is 52.4 Å². The van der Waals surface area contributed by atoms with Gasteiger partial charge in [0, 0.05) is 41.9 Å². The molecule has 186 valence electrons. The summed E-state index contributed by atoms with van der Waals surface area (Å²) in [6, 6.07) is 9.35. The first kappa shape index (κ1) is 23.7. The number of carbonyl (C=O) groups excluding carboxylic acids is 1. The molecule has 0 aliphatic carbocycles. The summed E-state index contributed by atoms with van der Waals surface area (Å²) in [5.41, 5.74) is 4.79. The molecule has 4 heterocycles. The Bertz CT molecular complexity index is 1380. The number of benzene rings is 1. The van der Waals surface area contributed by atoms with Crippen molar-refractivity contribution in [2.45, 2.75) is 52.4 Å². The molecule has 36 heavy (non-hydrogen) atoms. The molecule has 1 aliphatic rings. The molecule has 1 amide bonds. The molecule has 0 atom stereocenters. The van der Waals surface area contributed by atoms with Crippen molar-refractivity contribution in [3.05, 3.63) is 65.8 Å². The maximum absolute atomic E-state index is 12.9. The number of nitrogens with one attached hydrogen (secondary N) is 1. The highest BCUT2D eigenvalue weighted by molar-refractivity contribution is 6.04. The molecule has 9 nitrogen and oxygen atoms in total. The predicted octanol–water partition coefficient (Wildman–Crippen LogP) is 5.17. The smallest absolute Gasteiger partial charge is 0.256 e. The summed E-state index contributed by atoms with van der Waals surface area (Å²) in [5.74, 6) is 0.816. The van der Waals surface area contributed by atoms with Crippen LogP contribution in [0.3, 0.4) is 0 Å². The molecule has 0 radical (unpaired) electrons. The van der Waals surface area contributed by atoms with Crippen molar-refractivity contribution in [2.24, 2.45) is 0 Å². The summed E-state index contributed by atoms with van der Waals surface area (Å²) < 4.78 is 7.07. The van der Waals surface area contributed by atoms with Crippen LogP contribution in [0, 0.1) is 6.92 Å². The van der Waals surface area contributed by atoms with E-state index in [1.165, 1.54) is 19.3 Å². The largest absolute Gasteiger partial charge is 0.370 e. The first-order chi connectivity index (χ1) is 17.3. The van der Waals surface area contributed by atoms with E-state index in [0.717, 1.165) is 41.3 Å². The van der Waals surface area contributed by atoms with Gasteiger partial charge < -0.3 is 14.7 Å². The molecule has 1 N–H and O–H groups in total. The zero-order valence-corrected chi connectivity index (χ0v) is 21.2. The van der Waals surface area contributed by atoms with Crippen molar-refractivity contribution in [1.29, 1.82) is 0 Å². The molecule has 1 aromatic carbocycles. The van der Waals surface area contributed by atoms with Gasteiger partial charge in [0.1, 0.15) is 11.5 Å². The lowest BCUT2D eigenvalue weighted by molar-refractivity contribution is 0.102. The van der Waals surface area contributed by atoms with Gasteiger partial charge in [-0.25, -0.2) is 4.68 Å². The van der Waals surface area contributed by atoms with Crippen molar-refractivity contribution in [1.82, 2.24) is 25.1 Å². The first-order valence-corrected chi connectivity index (χ1v) is 12.3. The number of aromatic nitrogens is 5. The lowest BCUT2D eigenvalue weighted by atomic mass is 9.93. The second-order valence-electron chi connectivity index (χ2n) is 10.3. The van der Waals surface area contributed by atoms with Gasteiger partial charge in [0.2, 0.25) is 0 Å². The minimum absolute atomic E-state index is 0.194. The van der Waals surface area contributed by atoms with E-state index in [0.29, 0.717) is 17.1 Å². The Morgan fingerprint density at radius 2 is 1.86 bits per heavy atom. The van der Waals surface area contributed by atoms with Crippen molar-refractivity contribution in [3.8, 4) is 16.9 Å². The second kappa shape index (κ2) is 9.56. The SMILES string of the molecule is Cc1ccc(C(=O)Nc2cc(C(C)(C)C)on2)cc1-n1cc(-c2cncc(N3CCCCC3)c2)nn1. The fourth-order valence-electron chi connectivity index (χ4n) is 4.28. The summed E-state index contributed by atoms with van der Waals surface area (Å²) in [6.45, 7) is 10.2. The normalized spacial score (nSPS) is 14.2. The average molecular weight is 486 g/mol. The van der Waals surface area contributed by atoms with E-state index < -0.39 is 0 Å². The number of amides is 1. The minimum Gasteiger partial charge on any atom is -0.370 e. The fraction of sp³-hybridized carbons (Fsp3) is 0.370. The lowest BCUT2D eigenvalue weighted by Crippen LogP contribution is -2.29. The fourth-order valence-corrected chi connectivity index (χ4v) is 4.28. The highest BCUT2D eigenvalue weighted by atomic mass is 16.5. The highest BCUT2D eigenvalue weighted by Crippen LogP contribution is 2.27. The third kappa shape index (κ3) is 5.00. The molecule has 5 rings (SSSR count). The third-order valence-corrected chi connectivity index (χ3v) is 6.44. The molecular weight excluding hydrogens is 454 g/mol. The lowest BCUT2D eigenvalue weighted by Gasteiger charge is -2.28. The van der Waals surface area contributed by atoms with E-state index in [-0.39, 0.29) is 11.3 Å². The van der Waals surface area contributed by atoms with Crippen molar-refractivity contribution in [2.75, 3.05) is 23.3 Å². The molecule has 3 aromatic heterocycles. The molecule has 1 fully saturated rings. The summed E-state index contributed by atoms with van der Waals surface area (Å²) in [5, 5.41) is 15.5. The zero-order chi connectivity index (χ0) is 25.3. The standard InChI is InChI=1S/C27H31N7O2/c1-18-8-9-19(26(35)29-25-14-24(36-31-25)27(2,3)4)13-23(18)34-17-22(30-32-34)20-12-21(16-28-15-20)33-10-6-5-7-11-33/h8-9,12-17H,5-7,10-11H2,1-4H3,(H,29,31,35). The molecule has 0 unspecified atom stereocenters. The molecule has 0 spiro atoms. The number of pyridine rings is 1. The quantitative estimate of drug-likeness (QED) is 0.416. The Kier molecular flexibility index (Phi) is 6.30. The number of nitrogens with zero attached hydrogens (tertiary/aromatic N) is 6. The second-order valence-corrected chi connectivity index (χ2v) is 10.3. The van der Waals surface area contributed by atoms with Crippen LogP contribution in [0.1, 0.15) is 61.7 Å². The van der Waals surface area contributed by atoms with Crippen LogP contribution in [0.5, 0.6) is 0 Å². The monoisotopic (exact) mass is 485 g/mol. The Morgan fingerprint density at radius 3 is 2.61 bits per heavy atom. The van der Waals surface area contributed by atoms with Gasteiger partial charge in [-0.15, -0.1) is 5.10 Å². The summed E-state index contributed by atoms with van der Waals surface area (Å²) in [7, 11) is 0. The van der Waals surface area contributed by atoms with Gasteiger partial charge in [-0.05, 0) is 49.9 Å². The number of piperidine rings is 1. The van der Waals surface area contributed by atoms with E-state index in [9.17, 15) is 4.79 Å². The van der Waals surface area contributed by atoms with Crippen molar-refractivity contribution >= 4 is 17.4 Å². The van der Waals surface area contributed by atoms with Crippen LogP contribution < -0.4 is 10.2 Å². The Labute approximate surface area is 210 Å². The Morgan fingerprint density at radius 1 is 1.06 bits per heavy atom. The van der Waals surface area contributed by atoms with E-state index in [4.69, 9.17) is 4.52 Å². The van der Waals surface area contributed by atoms with Crippen LogP contribution in [-0.2, 0) is 5.41 Å². The van der Waals surface area contributed by atoms with E-state index in [1.54, 1.807) is 22.9 Å². The van der Waals surface area contributed by atoms with Crippen LogP contribution in [0.25, 0.3) is 16.9 Å². The van der Waals surface area contributed by atoms with Gasteiger partial charge in [0.15, 0.2) is 5.82 Å². The number of hydrogen-bond acceptors (Lipinski definition) is 7. The number of rotatable bonds is 5. The number of aryl methyl sites for hydroxylation is 1. The van der Waals surface area contributed by atoms with Crippen molar-refractivity contribution < 1.29 is 9.32 Å². The number of carbonyl (C=O) groups is 1. The molecular formula is C27H31N7O2. The van der Waals surface area contributed by atoms with Crippen molar-refractivity contribution in [3.63, 3.8) is 0 Å². The predicted molar refractivity (Wildman–Crippen MR) is 139 cm³/mol. The van der Waals surface area contributed by atoms with Crippen LogP contribution >= 0.6 is 0 Å². The van der Waals surface area contributed by atoms with Gasteiger partial charge in [-0.2, -0.15) is 0 Å². The summed E-state index contributed by atoms with van der Waals surface area (Å²) in [4.78, 5) is 19.7. The zero-order valence-electron chi connectivity index (χ0n) is 21.2. The third-order valence-electron chi connectivity index (χ3n) is 6.44. The van der Waals surface area contributed by atoms with Crippen LogP contribution in [-0.4, -0.2) is 44.1 Å². The van der Waals surface area contributed by atoms with Crippen LogP contribution in [0.4, 0.5) is 11.5 Å².